The van der Waals surface area contributed by atoms with Crippen LogP contribution in [-0.2, 0) is 0 Å². The SMILES string of the molecule is Cc1ccc(-c2c(C(=O)O)nnn2-c2ccccc2Br)cc1. The minimum atomic E-state index is -1.10. The predicted octanol–water partition coefficient (Wildman–Crippen LogP) is 3.70. The number of carbonyl (C=O) groups is 1. The topological polar surface area (TPSA) is 68.0 Å². The minimum Gasteiger partial charge on any atom is -0.476 e. The van der Waals surface area contributed by atoms with Gasteiger partial charge < -0.3 is 5.11 Å². The number of carboxylic acid groups (broad SMARTS) is 1. The summed E-state index contributed by atoms with van der Waals surface area (Å²) in [5.41, 5.74) is 2.97. The van der Waals surface area contributed by atoms with Gasteiger partial charge in [-0.1, -0.05) is 47.2 Å². The molecule has 0 bridgehead atoms. The van der Waals surface area contributed by atoms with E-state index in [2.05, 4.69) is 26.2 Å². The van der Waals surface area contributed by atoms with Gasteiger partial charge >= 0.3 is 5.97 Å². The summed E-state index contributed by atoms with van der Waals surface area (Å²) in [7, 11) is 0. The third kappa shape index (κ3) is 2.53. The van der Waals surface area contributed by atoms with E-state index in [-0.39, 0.29) is 5.69 Å². The molecule has 0 aliphatic carbocycles. The first-order valence-electron chi connectivity index (χ1n) is 6.59. The highest BCUT2D eigenvalue weighted by molar-refractivity contribution is 9.10. The summed E-state index contributed by atoms with van der Waals surface area (Å²) < 4.78 is 2.35. The molecule has 0 fully saturated rings. The Bertz CT molecular complexity index is 841. The van der Waals surface area contributed by atoms with E-state index in [1.165, 1.54) is 4.68 Å². The van der Waals surface area contributed by atoms with Crippen LogP contribution in [-0.4, -0.2) is 26.1 Å². The van der Waals surface area contributed by atoms with Crippen molar-refractivity contribution >= 4 is 21.9 Å². The van der Waals surface area contributed by atoms with Crippen LogP contribution in [0.1, 0.15) is 16.1 Å². The van der Waals surface area contributed by atoms with Crippen LogP contribution in [0.3, 0.4) is 0 Å². The van der Waals surface area contributed by atoms with E-state index < -0.39 is 5.97 Å². The van der Waals surface area contributed by atoms with Crippen molar-refractivity contribution in [1.29, 1.82) is 0 Å². The number of nitrogens with zero attached hydrogens (tertiary/aromatic N) is 3. The number of hydrogen-bond donors (Lipinski definition) is 1. The number of aromatic carboxylic acids is 1. The highest BCUT2D eigenvalue weighted by atomic mass is 79.9. The summed E-state index contributed by atoms with van der Waals surface area (Å²) in [4.78, 5) is 11.5. The van der Waals surface area contributed by atoms with Crippen LogP contribution in [0.15, 0.2) is 53.0 Å². The Morgan fingerprint density at radius 1 is 1.14 bits per heavy atom. The van der Waals surface area contributed by atoms with Gasteiger partial charge in [0.1, 0.15) is 5.69 Å². The number of halogens is 1. The van der Waals surface area contributed by atoms with Crippen molar-refractivity contribution in [3.8, 4) is 16.9 Å². The van der Waals surface area contributed by atoms with Gasteiger partial charge in [0.15, 0.2) is 5.69 Å². The van der Waals surface area contributed by atoms with E-state index in [9.17, 15) is 9.90 Å². The molecule has 3 aromatic rings. The number of rotatable bonds is 3. The molecule has 3 rings (SSSR count). The number of para-hydroxylation sites is 1. The van der Waals surface area contributed by atoms with Gasteiger partial charge in [-0.05, 0) is 35.0 Å². The van der Waals surface area contributed by atoms with Crippen LogP contribution in [0.2, 0.25) is 0 Å². The van der Waals surface area contributed by atoms with E-state index in [0.29, 0.717) is 5.69 Å². The van der Waals surface area contributed by atoms with Gasteiger partial charge in [-0.3, -0.25) is 0 Å². The number of carboxylic acids is 1. The molecule has 0 amide bonds. The van der Waals surface area contributed by atoms with E-state index >= 15 is 0 Å². The molecule has 2 aromatic carbocycles. The van der Waals surface area contributed by atoms with Crippen molar-refractivity contribution in [2.75, 3.05) is 0 Å². The molecule has 0 aliphatic rings. The Balaban J connectivity index is 2.27. The molecule has 1 aromatic heterocycles. The fraction of sp³-hybridized carbons (Fsp3) is 0.0625. The molecule has 22 heavy (non-hydrogen) atoms. The first kappa shape index (κ1) is 14.5. The summed E-state index contributed by atoms with van der Waals surface area (Å²) in [5.74, 6) is -1.10. The number of hydrogen-bond acceptors (Lipinski definition) is 3. The first-order valence-corrected chi connectivity index (χ1v) is 7.38. The minimum absolute atomic E-state index is 0.0698. The molecule has 0 aliphatic heterocycles. The maximum atomic E-state index is 11.5. The van der Waals surface area contributed by atoms with Gasteiger partial charge in [0.05, 0.1) is 5.69 Å². The van der Waals surface area contributed by atoms with Gasteiger partial charge in [0.25, 0.3) is 0 Å². The predicted molar refractivity (Wildman–Crippen MR) is 86.2 cm³/mol. The third-order valence-electron chi connectivity index (χ3n) is 3.28. The largest absolute Gasteiger partial charge is 0.476 e. The Hall–Kier alpha value is -2.47. The second kappa shape index (κ2) is 5.73. The summed E-state index contributed by atoms with van der Waals surface area (Å²) in [6, 6.07) is 15.1. The van der Waals surface area contributed by atoms with E-state index in [0.717, 1.165) is 21.3 Å². The maximum absolute atomic E-state index is 11.5. The zero-order valence-corrected chi connectivity index (χ0v) is 13.3. The Morgan fingerprint density at radius 3 is 2.45 bits per heavy atom. The third-order valence-corrected chi connectivity index (χ3v) is 3.95. The van der Waals surface area contributed by atoms with Crippen molar-refractivity contribution in [2.45, 2.75) is 6.92 Å². The van der Waals surface area contributed by atoms with Crippen LogP contribution in [0.5, 0.6) is 0 Å². The normalized spacial score (nSPS) is 10.6. The molecule has 0 saturated carbocycles. The van der Waals surface area contributed by atoms with Gasteiger partial charge in [0.2, 0.25) is 0 Å². The average molecular weight is 358 g/mol. The molecule has 0 spiro atoms. The Morgan fingerprint density at radius 2 is 1.82 bits per heavy atom. The van der Waals surface area contributed by atoms with Crippen LogP contribution in [0.25, 0.3) is 16.9 Å². The highest BCUT2D eigenvalue weighted by Crippen LogP contribution is 2.28. The summed E-state index contributed by atoms with van der Waals surface area (Å²) in [6.45, 7) is 1.98. The van der Waals surface area contributed by atoms with E-state index in [1.54, 1.807) is 0 Å². The summed E-state index contributed by atoms with van der Waals surface area (Å²) in [6.07, 6.45) is 0. The Kier molecular flexibility index (Phi) is 3.77. The molecule has 5 nitrogen and oxygen atoms in total. The van der Waals surface area contributed by atoms with Crippen LogP contribution in [0.4, 0.5) is 0 Å². The quantitative estimate of drug-likeness (QED) is 0.775. The zero-order chi connectivity index (χ0) is 15.7. The fourth-order valence-electron chi connectivity index (χ4n) is 2.19. The molecule has 0 unspecified atom stereocenters. The second-order valence-electron chi connectivity index (χ2n) is 4.82. The standard InChI is InChI=1S/C16H12BrN3O2/c1-10-6-8-11(9-7-10)15-14(16(21)22)18-19-20(15)13-5-3-2-4-12(13)17/h2-9H,1H3,(H,21,22). The van der Waals surface area contributed by atoms with Crippen LogP contribution in [0, 0.1) is 6.92 Å². The summed E-state index contributed by atoms with van der Waals surface area (Å²) >= 11 is 3.46. The van der Waals surface area contributed by atoms with Crippen molar-refractivity contribution in [3.05, 3.63) is 64.3 Å². The average Bonchev–Trinajstić information content (AvgIpc) is 2.93. The van der Waals surface area contributed by atoms with Gasteiger partial charge in [-0.2, -0.15) is 0 Å². The second-order valence-corrected chi connectivity index (χ2v) is 5.68. The Labute approximate surface area is 135 Å². The van der Waals surface area contributed by atoms with Crippen molar-refractivity contribution in [3.63, 3.8) is 0 Å². The lowest BCUT2D eigenvalue weighted by Gasteiger charge is -2.09. The highest BCUT2D eigenvalue weighted by Gasteiger charge is 2.22. The summed E-state index contributed by atoms with van der Waals surface area (Å²) in [5, 5.41) is 17.2. The van der Waals surface area contributed by atoms with E-state index in [1.807, 2.05) is 55.5 Å². The van der Waals surface area contributed by atoms with Crippen LogP contribution >= 0.6 is 15.9 Å². The molecule has 6 heteroatoms. The molecular formula is C16H12BrN3O2. The van der Waals surface area contributed by atoms with Gasteiger partial charge in [-0.15, -0.1) is 5.10 Å². The zero-order valence-electron chi connectivity index (χ0n) is 11.7. The fourth-order valence-corrected chi connectivity index (χ4v) is 2.64. The molecule has 1 heterocycles. The molecule has 110 valence electrons. The van der Waals surface area contributed by atoms with Crippen molar-refractivity contribution in [1.82, 2.24) is 15.0 Å². The molecular weight excluding hydrogens is 346 g/mol. The smallest absolute Gasteiger partial charge is 0.358 e. The molecule has 0 atom stereocenters. The van der Waals surface area contributed by atoms with Gasteiger partial charge in [-0.25, -0.2) is 9.48 Å². The lowest BCUT2D eigenvalue weighted by molar-refractivity contribution is 0.0691. The number of aryl methyl sites for hydroxylation is 1. The maximum Gasteiger partial charge on any atom is 0.358 e. The number of aromatic nitrogens is 3. The van der Waals surface area contributed by atoms with Gasteiger partial charge in [0, 0.05) is 10.0 Å². The van der Waals surface area contributed by atoms with Crippen molar-refractivity contribution in [2.24, 2.45) is 0 Å². The van der Waals surface area contributed by atoms with Crippen molar-refractivity contribution < 1.29 is 9.90 Å². The molecule has 0 saturated heterocycles. The van der Waals surface area contributed by atoms with Crippen LogP contribution < -0.4 is 0 Å². The lowest BCUT2D eigenvalue weighted by Crippen LogP contribution is -2.03. The van der Waals surface area contributed by atoms with E-state index in [4.69, 9.17) is 0 Å². The monoisotopic (exact) mass is 357 g/mol. The molecule has 0 radical (unpaired) electrons. The molecule has 1 N–H and O–H groups in total. The number of benzene rings is 2. The lowest BCUT2D eigenvalue weighted by atomic mass is 10.1. The first-order chi connectivity index (χ1) is 10.6.